The van der Waals surface area contributed by atoms with Crippen LogP contribution in [0.25, 0.3) is 0 Å². The molecule has 0 amide bonds. The number of aliphatic hydroxyl groups excluding tert-OH is 1. The molecule has 1 unspecified atom stereocenters. The number of likely N-dealkylation sites (N-methyl/N-ethyl adjacent to an activating group) is 1. The van der Waals surface area contributed by atoms with Crippen molar-refractivity contribution < 1.29 is 5.11 Å². The lowest BCUT2D eigenvalue weighted by Gasteiger charge is -2.22. The van der Waals surface area contributed by atoms with Gasteiger partial charge in [-0.15, -0.1) is 0 Å². The molecular formula is C10H15BrN2O. The summed E-state index contributed by atoms with van der Waals surface area (Å²) in [6, 6.07) is 7.78. The van der Waals surface area contributed by atoms with Crippen molar-refractivity contribution in [3.8, 4) is 0 Å². The van der Waals surface area contributed by atoms with Gasteiger partial charge in [-0.05, 0) is 18.2 Å². The van der Waals surface area contributed by atoms with E-state index in [1.807, 2.05) is 36.2 Å². The third-order valence-corrected chi connectivity index (χ3v) is 2.49. The monoisotopic (exact) mass is 258 g/mol. The Hall–Kier alpha value is -0.580. The fourth-order valence-corrected chi connectivity index (χ4v) is 1.62. The first-order valence-electron chi connectivity index (χ1n) is 4.46. The summed E-state index contributed by atoms with van der Waals surface area (Å²) < 4.78 is 1.04. The van der Waals surface area contributed by atoms with Crippen LogP contribution in [0.4, 0.5) is 5.69 Å². The van der Waals surface area contributed by atoms with Gasteiger partial charge in [0.2, 0.25) is 0 Å². The number of nitrogens with zero attached hydrogens (tertiary/aromatic N) is 1. The molecule has 78 valence electrons. The second kappa shape index (κ2) is 5.34. The normalized spacial score (nSPS) is 12.6. The first-order chi connectivity index (χ1) is 6.63. The highest BCUT2D eigenvalue weighted by molar-refractivity contribution is 9.10. The maximum atomic E-state index is 8.82. The highest BCUT2D eigenvalue weighted by atomic mass is 79.9. The van der Waals surface area contributed by atoms with Crippen LogP contribution in [0, 0.1) is 0 Å². The van der Waals surface area contributed by atoms with Gasteiger partial charge in [-0.2, -0.15) is 0 Å². The molecule has 4 heteroatoms. The van der Waals surface area contributed by atoms with Gasteiger partial charge in [-0.1, -0.05) is 22.0 Å². The van der Waals surface area contributed by atoms with Crippen LogP contribution < -0.4 is 10.6 Å². The summed E-state index contributed by atoms with van der Waals surface area (Å²) in [6.45, 7) is 0.658. The summed E-state index contributed by atoms with van der Waals surface area (Å²) in [5.74, 6) is 0. The Balaban J connectivity index is 2.64. The Labute approximate surface area is 92.7 Å². The van der Waals surface area contributed by atoms with Crippen LogP contribution in [-0.2, 0) is 0 Å². The lowest BCUT2D eigenvalue weighted by molar-refractivity contribution is 0.267. The largest absolute Gasteiger partial charge is 0.395 e. The fraction of sp³-hybridized carbons (Fsp3) is 0.400. The SMILES string of the molecule is CN(CC(N)CO)c1cccc(Br)c1. The molecular weight excluding hydrogens is 244 g/mol. The molecule has 3 nitrogen and oxygen atoms in total. The molecule has 0 radical (unpaired) electrons. The number of hydrogen-bond acceptors (Lipinski definition) is 3. The van der Waals surface area contributed by atoms with E-state index in [2.05, 4.69) is 15.9 Å². The first kappa shape index (κ1) is 11.5. The Morgan fingerprint density at radius 3 is 2.86 bits per heavy atom. The molecule has 0 bridgehead atoms. The molecule has 0 heterocycles. The van der Waals surface area contributed by atoms with Crippen LogP contribution >= 0.6 is 15.9 Å². The summed E-state index contributed by atoms with van der Waals surface area (Å²) >= 11 is 3.41. The molecule has 3 N–H and O–H groups in total. The third kappa shape index (κ3) is 3.29. The maximum absolute atomic E-state index is 8.82. The summed E-state index contributed by atoms with van der Waals surface area (Å²) in [5, 5.41) is 8.82. The Kier molecular flexibility index (Phi) is 4.38. The molecule has 0 fully saturated rings. The van der Waals surface area contributed by atoms with Gasteiger partial charge in [0.1, 0.15) is 0 Å². The van der Waals surface area contributed by atoms with Crippen molar-refractivity contribution >= 4 is 21.6 Å². The Morgan fingerprint density at radius 1 is 1.57 bits per heavy atom. The quantitative estimate of drug-likeness (QED) is 0.854. The molecule has 0 aliphatic heterocycles. The van der Waals surface area contributed by atoms with Gasteiger partial charge < -0.3 is 15.7 Å². The number of hydrogen-bond donors (Lipinski definition) is 2. The lowest BCUT2D eigenvalue weighted by atomic mass is 10.2. The highest BCUT2D eigenvalue weighted by Gasteiger charge is 2.06. The van der Waals surface area contributed by atoms with E-state index in [4.69, 9.17) is 10.8 Å². The number of anilines is 1. The molecule has 0 aromatic heterocycles. The molecule has 1 rings (SSSR count). The number of rotatable bonds is 4. The minimum Gasteiger partial charge on any atom is -0.395 e. The molecule has 0 saturated carbocycles. The second-order valence-electron chi connectivity index (χ2n) is 3.30. The predicted octanol–water partition coefficient (Wildman–Crippen LogP) is 1.20. The van der Waals surface area contributed by atoms with Crippen molar-refractivity contribution in [2.24, 2.45) is 5.73 Å². The fourth-order valence-electron chi connectivity index (χ4n) is 1.23. The van der Waals surface area contributed by atoms with Crippen molar-refractivity contribution in [2.45, 2.75) is 6.04 Å². The van der Waals surface area contributed by atoms with Gasteiger partial charge >= 0.3 is 0 Å². The van der Waals surface area contributed by atoms with E-state index < -0.39 is 0 Å². The molecule has 1 aromatic carbocycles. The van der Waals surface area contributed by atoms with Gasteiger partial charge in [0, 0.05) is 29.8 Å². The summed E-state index contributed by atoms with van der Waals surface area (Å²) in [7, 11) is 1.96. The minimum absolute atomic E-state index is 0.0122. The van der Waals surface area contributed by atoms with E-state index in [0.717, 1.165) is 10.2 Å². The average Bonchev–Trinajstić information content (AvgIpc) is 2.17. The molecule has 1 aromatic rings. The van der Waals surface area contributed by atoms with Crippen LogP contribution in [0.3, 0.4) is 0 Å². The van der Waals surface area contributed by atoms with E-state index in [-0.39, 0.29) is 12.6 Å². The van der Waals surface area contributed by atoms with Crippen molar-refractivity contribution in [3.63, 3.8) is 0 Å². The summed E-state index contributed by atoms with van der Waals surface area (Å²) in [4.78, 5) is 2.02. The summed E-state index contributed by atoms with van der Waals surface area (Å²) in [5.41, 5.74) is 6.73. The predicted molar refractivity (Wildman–Crippen MR) is 62.5 cm³/mol. The van der Waals surface area contributed by atoms with Gasteiger partial charge in [0.05, 0.1) is 6.61 Å². The van der Waals surface area contributed by atoms with Gasteiger partial charge in [0.15, 0.2) is 0 Å². The smallest absolute Gasteiger partial charge is 0.0599 e. The van der Waals surface area contributed by atoms with Gasteiger partial charge in [0.25, 0.3) is 0 Å². The van der Waals surface area contributed by atoms with Crippen molar-refractivity contribution in [2.75, 3.05) is 25.1 Å². The number of aliphatic hydroxyl groups is 1. The molecule has 0 aliphatic carbocycles. The second-order valence-corrected chi connectivity index (χ2v) is 4.22. The molecule has 0 saturated heterocycles. The van der Waals surface area contributed by atoms with Crippen LogP contribution in [0.2, 0.25) is 0 Å². The zero-order chi connectivity index (χ0) is 10.6. The zero-order valence-corrected chi connectivity index (χ0v) is 9.74. The van der Waals surface area contributed by atoms with Crippen LogP contribution in [0.5, 0.6) is 0 Å². The molecule has 14 heavy (non-hydrogen) atoms. The number of nitrogens with two attached hydrogens (primary N) is 1. The standard InChI is InChI=1S/C10H15BrN2O/c1-13(6-9(12)7-14)10-4-2-3-8(11)5-10/h2-5,9,14H,6-7,12H2,1H3. The maximum Gasteiger partial charge on any atom is 0.0599 e. The van der Waals surface area contributed by atoms with Crippen LogP contribution in [0.15, 0.2) is 28.7 Å². The van der Waals surface area contributed by atoms with Crippen LogP contribution in [0.1, 0.15) is 0 Å². The number of benzene rings is 1. The Morgan fingerprint density at radius 2 is 2.29 bits per heavy atom. The van der Waals surface area contributed by atoms with E-state index in [9.17, 15) is 0 Å². The average molecular weight is 259 g/mol. The molecule has 0 aliphatic rings. The van der Waals surface area contributed by atoms with Crippen molar-refractivity contribution in [1.29, 1.82) is 0 Å². The van der Waals surface area contributed by atoms with Crippen molar-refractivity contribution in [1.82, 2.24) is 0 Å². The topological polar surface area (TPSA) is 49.5 Å². The van der Waals surface area contributed by atoms with E-state index in [1.54, 1.807) is 0 Å². The van der Waals surface area contributed by atoms with Gasteiger partial charge in [-0.25, -0.2) is 0 Å². The van der Waals surface area contributed by atoms with Gasteiger partial charge in [-0.3, -0.25) is 0 Å². The molecule has 1 atom stereocenters. The Bertz CT molecular complexity index is 293. The van der Waals surface area contributed by atoms with Crippen LogP contribution in [-0.4, -0.2) is 31.3 Å². The summed E-state index contributed by atoms with van der Waals surface area (Å²) in [6.07, 6.45) is 0. The van der Waals surface area contributed by atoms with E-state index in [0.29, 0.717) is 6.54 Å². The van der Waals surface area contributed by atoms with E-state index in [1.165, 1.54) is 0 Å². The highest BCUT2D eigenvalue weighted by Crippen LogP contribution is 2.18. The first-order valence-corrected chi connectivity index (χ1v) is 5.26. The molecule has 0 spiro atoms. The number of halogens is 1. The lowest BCUT2D eigenvalue weighted by Crippen LogP contribution is -2.37. The minimum atomic E-state index is -0.195. The van der Waals surface area contributed by atoms with Crippen molar-refractivity contribution in [3.05, 3.63) is 28.7 Å². The third-order valence-electron chi connectivity index (χ3n) is 1.99. The van der Waals surface area contributed by atoms with E-state index >= 15 is 0 Å². The zero-order valence-electron chi connectivity index (χ0n) is 8.15.